The summed E-state index contributed by atoms with van der Waals surface area (Å²) in [6.45, 7) is 7.52. The summed E-state index contributed by atoms with van der Waals surface area (Å²) < 4.78 is 40.1. The number of thiophene rings is 1. The van der Waals surface area contributed by atoms with E-state index in [1.54, 1.807) is 20.8 Å². The van der Waals surface area contributed by atoms with Gasteiger partial charge in [0, 0.05) is 17.6 Å². The molecule has 8 heteroatoms. The van der Waals surface area contributed by atoms with Gasteiger partial charge in [0.2, 0.25) is 10.0 Å². The van der Waals surface area contributed by atoms with Crippen molar-refractivity contribution in [3.63, 3.8) is 0 Å². The van der Waals surface area contributed by atoms with Gasteiger partial charge >= 0.3 is 7.12 Å². The molecule has 1 rings (SSSR count). The van der Waals surface area contributed by atoms with Crippen LogP contribution in [0.1, 0.15) is 41.9 Å². The van der Waals surface area contributed by atoms with E-state index in [-0.39, 0.29) is 15.0 Å². The Kier molecular flexibility index (Phi) is 5.62. The zero-order valence-electron chi connectivity index (χ0n) is 13.3. The lowest BCUT2D eigenvalue weighted by molar-refractivity contribution is 0.264. The van der Waals surface area contributed by atoms with Crippen molar-refractivity contribution in [2.45, 2.75) is 50.3 Å². The van der Waals surface area contributed by atoms with E-state index in [9.17, 15) is 13.4 Å². The first-order valence-electron chi connectivity index (χ1n) is 7.01. The summed E-state index contributed by atoms with van der Waals surface area (Å²) in [6, 6.07) is 1.33. The van der Waals surface area contributed by atoms with Crippen LogP contribution in [0.3, 0.4) is 0 Å². The highest BCUT2D eigenvalue weighted by Gasteiger charge is 2.31. The molecule has 0 saturated heterocycles. The average molecular weight is 321 g/mol. The molecule has 0 aliphatic carbocycles. The molecule has 20 heavy (non-hydrogen) atoms. The molecule has 0 saturated carbocycles. The second-order valence-corrected chi connectivity index (χ2v) is 8.26. The maximum absolute atomic E-state index is 12.4. The number of sulfonamides is 1. The first kappa shape index (κ1) is 16.0. The van der Waals surface area contributed by atoms with Crippen LogP contribution in [0.5, 0.6) is 0 Å². The maximum atomic E-state index is 12.4. The molecule has 5 nitrogen and oxygen atoms in total. The lowest BCUT2D eigenvalue weighted by atomic mass is 9.82. The molecule has 0 aromatic carbocycles. The van der Waals surface area contributed by atoms with Gasteiger partial charge in [-0.3, -0.25) is 0 Å². The van der Waals surface area contributed by atoms with E-state index in [1.807, 2.05) is 6.92 Å². The molecule has 0 atom stereocenters. The lowest BCUT2D eigenvalue weighted by Gasteiger charge is -2.20. The van der Waals surface area contributed by atoms with E-state index >= 15 is 0 Å². The van der Waals surface area contributed by atoms with Crippen LogP contribution < -0.4 is 10.2 Å². The van der Waals surface area contributed by atoms with E-state index < -0.39 is 22.7 Å². The summed E-state index contributed by atoms with van der Waals surface area (Å²) in [5.74, 6) is 0. The van der Waals surface area contributed by atoms with Gasteiger partial charge in [-0.1, -0.05) is 19.4 Å². The fourth-order valence-electron chi connectivity index (χ4n) is 1.52. The summed E-state index contributed by atoms with van der Waals surface area (Å²) in [5, 5.41) is 10.1. The zero-order chi connectivity index (χ0) is 16.3. The van der Waals surface area contributed by atoms with Crippen molar-refractivity contribution < 1.29 is 19.5 Å². The summed E-state index contributed by atoms with van der Waals surface area (Å²) in [5.41, 5.74) is -0.520. The topological polar surface area (TPSA) is 75.6 Å². The highest BCUT2D eigenvalue weighted by atomic mass is 32.2. The van der Waals surface area contributed by atoms with E-state index in [2.05, 4.69) is 4.72 Å². The normalized spacial score (nSPS) is 13.3. The number of nitrogens with one attached hydrogen (secondary N) is 1. The summed E-state index contributed by atoms with van der Waals surface area (Å²) in [7, 11) is -5.13. The van der Waals surface area contributed by atoms with Crippen LogP contribution in [-0.4, -0.2) is 32.7 Å². The third-order valence-electron chi connectivity index (χ3n) is 2.33. The van der Waals surface area contributed by atoms with Crippen LogP contribution in [0.4, 0.5) is 0 Å². The minimum absolute atomic E-state index is 0.0635. The largest absolute Gasteiger partial charge is 0.493 e. The molecule has 0 aliphatic rings. The van der Waals surface area contributed by atoms with Gasteiger partial charge in [0.1, 0.15) is 4.21 Å². The molecule has 0 aliphatic heterocycles. The molecule has 114 valence electrons. The predicted octanol–water partition coefficient (Wildman–Crippen LogP) is 1.33. The first-order valence-corrected chi connectivity index (χ1v) is 8.81. The average Bonchev–Trinajstić information content (AvgIpc) is 2.69. The molecule has 1 aromatic rings. The van der Waals surface area contributed by atoms with Crippen LogP contribution in [-0.2, 0) is 14.7 Å². The van der Waals surface area contributed by atoms with Gasteiger partial charge in [-0.2, -0.15) is 0 Å². The van der Waals surface area contributed by atoms with Crippen LogP contribution in [0.25, 0.3) is 0 Å². The Balaban J connectivity index is 3.03. The SMILES string of the molecule is [3H]c1cc(B(O)OCCCC)c(S(=O)(=O)NC(C)(C)C)s1. The quantitative estimate of drug-likeness (QED) is 0.587. The smallest absolute Gasteiger partial charge is 0.423 e. The first-order chi connectivity index (χ1) is 9.57. The minimum atomic E-state index is -3.79. The summed E-state index contributed by atoms with van der Waals surface area (Å²) in [6.07, 6.45) is 1.69. The van der Waals surface area contributed by atoms with E-state index in [4.69, 9.17) is 6.03 Å². The molecule has 0 unspecified atom stereocenters. The molecule has 0 bridgehead atoms. The Morgan fingerprint density at radius 1 is 1.55 bits per heavy atom. The third kappa shape index (κ3) is 5.18. The Bertz CT molecular complexity index is 568. The second-order valence-electron chi connectivity index (χ2n) is 5.54. The standard InChI is InChI=1S/C12H22BNO4S2/c1-5-6-8-18-13(15)10-7-9-19-11(10)20(16,17)14-12(2,3)4/h7,9,14-15H,5-6,8H2,1-4H3/i9T. The van der Waals surface area contributed by atoms with Crippen molar-refractivity contribution in [3.8, 4) is 0 Å². The Morgan fingerprint density at radius 2 is 2.20 bits per heavy atom. The van der Waals surface area contributed by atoms with Crippen molar-refractivity contribution >= 4 is 33.9 Å². The molecular weight excluding hydrogens is 297 g/mol. The van der Waals surface area contributed by atoms with Crippen LogP contribution in [0.2, 0.25) is 0 Å². The van der Waals surface area contributed by atoms with Gasteiger partial charge < -0.3 is 9.68 Å². The van der Waals surface area contributed by atoms with Gasteiger partial charge in [-0.25, -0.2) is 13.1 Å². The molecule has 0 radical (unpaired) electrons. The molecule has 0 amide bonds. The molecule has 1 aromatic heterocycles. The molecule has 1 heterocycles. The van der Waals surface area contributed by atoms with Gasteiger partial charge in [-0.15, -0.1) is 11.3 Å². The minimum Gasteiger partial charge on any atom is -0.423 e. The molecule has 0 fully saturated rings. The zero-order valence-corrected chi connectivity index (χ0v) is 13.9. The highest BCUT2D eigenvalue weighted by molar-refractivity contribution is 7.91. The monoisotopic (exact) mass is 321 g/mol. The maximum Gasteiger partial charge on any atom is 0.493 e. The number of rotatable bonds is 7. The Hall–Kier alpha value is -0.405. The fraction of sp³-hybridized carbons (Fsp3) is 0.667. The molecular formula is C12H22BNO4S2. The number of hydrogen-bond acceptors (Lipinski definition) is 5. The molecule has 0 spiro atoms. The van der Waals surface area contributed by atoms with Crippen molar-refractivity contribution in [2.75, 3.05) is 6.61 Å². The lowest BCUT2D eigenvalue weighted by Crippen LogP contribution is -2.44. The van der Waals surface area contributed by atoms with Crippen molar-refractivity contribution in [1.82, 2.24) is 4.72 Å². The number of hydrogen-bond donors (Lipinski definition) is 2. The van der Waals surface area contributed by atoms with Crippen molar-refractivity contribution in [2.24, 2.45) is 0 Å². The summed E-state index contributed by atoms with van der Waals surface area (Å²) >= 11 is 0.806. The third-order valence-corrected chi connectivity index (χ3v) is 5.50. The highest BCUT2D eigenvalue weighted by Crippen LogP contribution is 2.17. The van der Waals surface area contributed by atoms with Gasteiger partial charge in [0.05, 0.1) is 1.37 Å². The van der Waals surface area contributed by atoms with Crippen LogP contribution >= 0.6 is 11.3 Å². The predicted molar refractivity (Wildman–Crippen MR) is 82.9 cm³/mol. The van der Waals surface area contributed by atoms with Gasteiger partial charge in [0.15, 0.2) is 0 Å². The van der Waals surface area contributed by atoms with Gasteiger partial charge in [0.25, 0.3) is 0 Å². The second kappa shape index (κ2) is 7.04. The molecule has 2 N–H and O–H groups in total. The van der Waals surface area contributed by atoms with E-state index in [0.29, 0.717) is 6.61 Å². The Labute approximate surface area is 127 Å². The summed E-state index contributed by atoms with van der Waals surface area (Å²) in [4.78, 5) is 0. The van der Waals surface area contributed by atoms with Crippen molar-refractivity contribution in [3.05, 3.63) is 11.4 Å². The van der Waals surface area contributed by atoms with E-state index in [1.165, 1.54) is 6.07 Å². The Morgan fingerprint density at radius 3 is 2.75 bits per heavy atom. The van der Waals surface area contributed by atoms with E-state index in [0.717, 1.165) is 24.2 Å². The van der Waals surface area contributed by atoms with Gasteiger partial charge in [-0.05, 0) is 32.5 Å². The fourth-order valence-corrected chi connectivity index (χ4v) is 4.17. The van der Waals surface area contributed by atoms with Crippen LogP contribution in [0, 0.1) is 0 Å². The van der Waals surface area contributed by atoms with Crippen LogP contribution in [0.15, 0.2) is 15.6 Å². The number of unbranched alkanes of at least 4 members (excludes halogenated alkanes) is 1. The van der Waals surface area contributed by atoms with Crippen molar-refractivity contribution in [1.29, 1.82) is 0 Å².